The lowest BCUT2D eigenvalue weighted by Gasteiger charge is -2.07. The van der Waals surface area contributed by atoms with Gasteiger partial charge in [0.1, 0.15) is 6.67 Å². The molecule has 3 heterocycles. The standard InChI is InChI=1S/C27H30FN7O/c28-13-21-9-4-17(14-29-21)15-30-27(36)25-16-35(34-33-25)10-2-1-3-20-11-23-24(32-31-20)12-22(18-5-6-18)26(23)19-7-8-19/h4,9,11,14,16,18-19H,1-3,5-8,10,12-13,15H2,(H,30,36). The highest BCUT2D eigenvalue weighted by atomic mass is 19.1. The van der Waals surface area contributed by atoms with E-state index in [1.807, 2.05) is 0 Å². The fourth-order valence-electron chi connectivity index (χ4n) is 5.05. The van der Waals surface area contributed by atoms with E-state index in [4.69, 9.17) is 0 Å². The molecule has 1 N–H and O–H groups in total. The van der Waals surface area contributed by atoms with Crippen molar-refractivity contribution < 1.29 is 9.18 Å². The Morgan fingerprint density at radius 2 is 1.92 bits per heavy atom. The van der Waals surface area contributed by atoms with Crippen LogP contribution in [0.2, 0.25) is 0 Å². The van der Waals surface area contributed by atoms with Crippen LogP contribution in [0.15, 0.2) is 36.2 Å². The summed E-state index contributed by atoms with van der Waals surface area (Å²) >= 11 is 0. The Bertz CT molecular complexity index is 1290. The van der Waals surface area contributed by atoms with Crippen molar-refractivity contribution in [2.24, 2.45) is 11.8 Å². The monoisotopic (exact) mass is 487 g/mol. The molecule has 1 amide bonds. The van der Waals surface area contributed by atoms with E-state index < -0.39 is 6.67 Å². The van der Waals surface area contributed by atoms with Crippen LogP contribution in [0, 0.1) is 11.8 Å². The first-order valence-electron chi connectivity index (χ1n) is 12.9. The number of unbranched alkanes of at least 4 members (excludes halogenated alkanes) is 1. The maximum absolute atomic E-state index is 12.6. The van der Waals surface area contributed by atoms with Gasteiger partial charge in [-0.3, -0.25) is 14.5 Å². The second kappa shape index (κ2) is 9.87. The van der Waals surface area contributed by atoms with E-state index in [-0.39, 0.29) is 11.6 Å². The number of aromatic nitrogens is 6. The number of fused-ring (bicyclic) bond motifs is 1. The van der Waals surface area contributed by atoms with Crippen molar-refractivity contribution in [2.75, 3.05) is 0 Å². The quantitative estimate of drug-likeness (QED) is 0.410. The van der Waals surface area contributed by atoms with Gasteiger partial charge in [0.05, 0.1) is 23.3 Å². The van der Waals surface area contributed by atoms with Crippen LogP contribution in [0.25, 0.3) is 5.57 Å². The number of carbonyl (C=O) groups excluding carboxylic acids is 1. The Kier molecular flexibility index (Phi) is 6.29. The van der Waals surface area contributed by atoms with Crippen molar-refractivity contribution in [1.82, 2.24) is 35.5 Å². The molecular formula is C27H30FN7O. The molecule has 3 aliphatic carbocycles. The number of nitrogens with one attached hydrogen (secondary N) is 1. The molecule has 6 rings (SSSR count). The summed E-state index contributed by atoms with van der Waals surface area (Å²) in [6.07, 6.45) is 12.3. The zero-order valence-electron chi connectivity index (χ0n) is 20.3. The summed E-state index contributed by atoms with van der Waals surface area (Å²) in [7, 11) is 0. The first-order chi connectivity index (χ1) is 17.7. The third-order valence-electron chi connectivity index (χ3n) is 7.29. The summed E-state index contributed by atoms with van der Waals surface area (Å²) < 4.78 is 14.3. The minimum atomic E-state index is -0.601. The van der Waals surface area contributed by atoms with Gasteiger partial charge >= 0.3 is 0 Å². The predicted octanol–water partition coefficient (Wildman–Crippen LogP) is 4.02. The summed E-state index contributed by atoms with van der Waals surface area (Å²) in [5.74, 6) is 1.27. The fraction of sp³-hybridized carbons (Fsp3) is 0.481. The number of hydrogen-bond acceptors (Lipinski definition) is 6. The number of amides is 1. The van der Waals surface area contributed by atoms with Gasteiger partial charge in [-0.25, -0.2) is 4.39 Å². The molecule has 3 aliphatic rings. The summed E-state index contributed by atoms with van der Waals surface area (Å²) in [6, 6.07) is 5.66. The number of nitrogens with zero attached hydrogens (tertiary/aromatic N) is 6. The van der Waals surface area contributed by atoms with Crippen LogP contribution >= 0.6 is 0 Å². The summed E-state index contributed by atoms with van der Waals surface area (Å²) in [5, 5.41) is 20.0. The van der Waals surface area contributed by atoms with E-state index >= 15 is 0 Å². The minimum absolute atomic E-state index is 0.277. The number of pyridine rings is 1. The smallest absolute Gasteiger partial charge is 0.273 e. The van der Waals surface area contributed by atoms with Crippen molar-refractivity contribution >= 4 is 11.5 Å². The van der Waals surface area contributed by atoms with Crippen molar-refractivity contribution in [1.29, 1.82) is 0 Å². The number of hydrogen-bond donors (Lipinski definition) is 1. The van der Waals surface area contributed by atoms with Gasteiger partial charge in [-0.1, -0.05) is 16.9 Å². The van der Waals surface area contributed by atoms with E-state index in [1.54, 1.807) is 40.4 Å². The number of carbonyl (C=O) groups is 1. The molecule has 0 radical (unpaired) electrons. The molecule has 2 saturated carbocycles. The average molecular weight is 488 g/mol. The molecule has 0 bridgehead atoms. The minimum Gasteiger partial charge on any atom is -0.346 e. The molecule has 8 nitrogen and oxygen atoms in total. The number of aryl methyl sites for hydroxylation is 2. The zero-order valence-corrected chi connectivity index (χ0v) is 20.3. The summed E-state index contributed by atoms with van der Waals surface area (Å²) in [6.45, 7) is 0.384. The first kappa shape index (κ1) is 22.9. The second-order valence-corrected chi connectivity index (χ2v) is 10.2. The Morgan fingerprint density at radius 1 is 1.06 bits per heavy atom. The van der Waals surface area contributed by atoms with Gasteiger partial charge in [0, 0.05) is 31.3 Å². The molecule has 0 spiro atoms. The third-order valence-corrected chi connectivity index (χ3v) is 7.29. The molecule has 3 aromatic rings. The Balaban J connectivity index is 0.980. The number of halogens is 1. The van der Waals surface area contributed by atoms with Crippen LogP contribution in [-0.2, 0) is 32.6 Å². The van der Waals surface area contributed by atoms with Gasteiger partial charge in [0.25, 0.3) is 5.91 Å². The Labute approximate surface area is 209 Å². The van der Waals surface area contributed by atoms with Crippen LogP contribution in [0.1, 0.15) is 77.2 Å². The second-order valence-electron chi connectivity index (χ2n) is 10.2. The Morgan fingerprint density at radius 3 is 2.67 bits per heavy atom. The molecule has 2 fully saturated rings. The SMILES string of the molecule is O=C(NCc1ccc(CF)nc1)c1cn(CCCCc2cc3c(nn2)CC(C2CC2)=C3C2CC2)nn1. The normalized spacial score (nSPS) is 16.9. The lowest BCUT2D eigenvalue weighted by Crippen LogP contribution is -2.23. The van der Waals surface area contributed by atoms with Crippen molar-refractivity contribution in [3.8, 4) is 0 Å². The van der Waals surface area contributed by atoms with Gasteiger partial charge in [-0.2, -0.15) is 10.2 Å². The third kappa shape index (κ3) is 5.05. The molecule has 0 aliphatic heterocycles. The fourth-order valence-corrected chi connectivity index (χ4v) is 5.05. The van der Waals surface area contributed by atoms with Crippen molar-refractivity contribution in [3.63, 3.8) is 0 Å². The van der Waals surface area contributed by atoms with Crippen molar-refractivity contribution in [2.45, 2.75) is 71.1 Å². The highest BCUT2D eigenvalue weighted by Crippen LogP contribution is 2.53. The Hall–Kier alpha value is -3.49. The maximum Gasteiger partial charge on any atom is 0.273 e. The molecule has 186 valence electrons. The number of allylic oxidation sites excluding steroid dienone is 2. The van der Waals surface area contributed by atoms with Crippen LogP contribution in [0.3, 0.4) is 0 Å². The number of alkyl halides is 1. The van der Waals surface area contributed by atoms with Gasteiger partial charge in [0.2, 0.25) is 0 Å². The molecule has 9 heteroatoms. The van der Waals surface area contributed by atoms with Gasteiger partial charge in [-0.15, -0.1) is 5.10 Å². The largest absolute Gasteiger partial charge is 0.346 e. The van der Waals surface area contributed by atoms with Crippen LogP contribution in [-0.4, -0.2) is 36.1 Å². The summed E-state index contributed by atoms with van der Waals surface area (Å²) in [5.41, 5.74) is 8.36. The van der Waals surface area contributed by atoms with Gasteiger partial charge in [-0.05, 0) is 80.1 Å². The average Bonchev–Trinajstić information content (AvgIpc) is 3.85. The van der Waals surface area contributed by atoms with Crippen LogP contribution in [0.4, 0.5) is 4.39 Å². The molecular weight excluding hydrogens is 457 g/mol. The molecule has 3 aromatic heterocycles. The van der Waals surface area contributed by atoms with Gasteiger partial charge < -0.3 is 5.32 Å². The van der Waals surface area contributed by atoms with E-state index in [1.165, 1.54) is 36.9 Å². The van der Waals surface area contributed by atoms with Crippen LogP contribution < -0.4 is 5.32 Å². The van der Waals surface area contributed by atoms with E-state index in [0.717, 1.165) is 48.8 Å². The van der Waals surface area contributed by atoms with Gasteiger partial charge in [0.15, 0.2) is 5.69 Å². The number of rotatable bonds is 11. The molecule has 36 heavy (non-hydrogen) atoms. The topological polar surface area (TPSA) is 98.5 Å². The maximum atomic E-state index is 12.6. The van der Waals surface area contributed by atoms with Crippen LogP contribution in [0.5, 0.6) is 0 Å². The molecule has 0 saturated heterocycles. The summed E-state index contributed by atoms with van der Waals surface area (Å²) in [4.78, 5) is 16.4. The van der Waals surface area contributed by atoms with E-state index in [0.29, 0.717) is 18.8 Å². The first-order valence-corrected chi connectivity index (χ1v) is 12.9. The van der Waals surface area contributed by atoms with E-state index in [2.05, 4.69) is 36.9 Å². The lowest BCUT2D eigenvalue weighted by atomic mass is 9.99. The molecule has 0 unspecified atom stereocenters. The zero-order chi connectivity index (χ0) is 24.5. The van der Waals surface area contributed by atoms with Crippen molar-refractivity contribution in [3.05, 3.63) is 70.1 Å². The predicted molar refractivity (Wildman–Crippen MR) is 131 cm³/mol. The highest BCUT2D eigenvalue weighted by Gasteiger charge is 2.40. The van der Waals surface area contributed by atoms with E-state index in [9.17, 15) is 9.18 Å². The highest BCUT2D eigenvalue weighted by molar-refractivity contribution is 5.91. The lowest BCUT2D eigenvalue weighted by molar-refractivity contribution is 0.0945. The molecule has 0 atom stereocenters. The molecule has 0 aromatic carbocycles.